The summed E-state index contributed by atoms with van der Waals surface area (Å²) in [5.74, 6) is 0. The zero-order valence-corrected chi connectivity index (χ0v) is 11.3. The summed E-state index contributed by atoms with van der Waals surface area (Å²) in [5, 5.41) is 0. The van der Waals surface area contributed by atoms with Crippen molar-refractivity contribution < 1.29 is 0 Å². The Bertz CT molecular complexity index is 215. The van der Waals surface area contributed by atoms with Gasteiger partial charge in [0.05, 0.1) is 0 Å². The first-order valence-electron chi connectivity index (χ1n) is 7.01. The average Bonchev–Trinajstić information content (AvgIpc) is 2.11. The maximum atomic E-state index is 2.75. The third-order valence-corrected chi connectivity index (χ3v) is 3.84. The van der Waals surface area contributed by atoms with E-state index in [-0.39, 0.29) is 0 Å². The molecule has 0 aromatic heterocycles. The van der Waals surface area contributed by atoms with E-state index in [1.54, 1.807) is 0 Å². The lowest BCUT2D eigenvalue weighted by molar-refractivity contribution is 0.0554. The summed E-state index contributed by atoms with van der Waals surface area (Å²) in [4.78, 5) is 5.38. The maximum Gasteiger partial charge on any atom is 0.0223 e. The molecular weight excluding hydrogens is 196 g/mol. The summed E-state index contributed by atoms with van der Waals surface area (Å²) in [7, 11) is 0. The first-order valence-corrected chi connectivity index (χ1v) is 7.01. The maximum absolute atomic E-state index is 2.75. The van der Waals surface area contributed by atoms with Crippen LogP contribution in [0.2, 0.25) is 0 Å². The number of likely N-dealkylation sites (tertiary alicyclic amines) is 2. The van der Waals surface area contributed by atoms with Crippen LogP contribution in [0, 0.1) is 5.41 Å². The summed E-state index contributed by atoms with van der Waals surface area (Å²) >= 11 is 0. The molecule has 2 fully saturated rings. The molecule has 0 aromatic rings. The van der Waals surface area contributed by atoms with Gasteiger partial charge in [-0.1, -0.05) is 27.2 Å². The van der Waals surface area contributed by atoms with Crippen LogP contribution in [0.4, 0.5) is 0 Å². The molecule has 16 heavy (non-hydrogen) atoms. The van der Waals surface area contributed by atoms with Crippen LogP contribution in [0.5, 0.6) is 0 Å². The lowest BCUT2D eigenvalue weighted by atomic mass is 9.92. The fourth-order valence-electron chi connectivity index (χ4n) is 2.95. The number of piperidine rings is 1. The number of rotatable bonds is 3. The zero-order chi connectivity index (χ0) is 11.6. The highest BCUT2D eigenvalue weighted by molar-refractivity contribution is 4.84. The Kier molecular flexibility index (Phi) is 3.91. The van der Waals surface area contributed by atoms with Gasteiger partial charge in [-0.05, 0) is 44.3 Å². The molecule has 2 aliphatic heterocycles. The molecule has 2 heteroatoms. The molecular formula is C14H28N2. The Morgan fingerprint density at radius 1 is 1.00 bits per heavy atom. The van der Waals surface area contributed by atoms with Gasteiger partial charge in [0.1, 0.15) is 0 Å². The Morgan fingerprint density at radius 3 is 2.31 bits per heavy atom. The Labute approximate surface area is 101 Å². The van der Waals surface area contributed by atoms with Gasteiger partial charge in [0.15, 0.2) is 0 Å². The highest BCUT2D eigenvalue weighted by Gasteiger charge is 2.28. The molecule has 2 aliphatic rings. The van der Waals surface area contributed by atoms with Crippen LogP contribution >= 0.6 is 0 Å². The number of hydrogen-bond acceptors (Lipinski definition) is 2. The highest BCUT2D eigenvalue weighted by atomic mass is 15.2. The topological polar surface area (TPSA) is 6.48 Å². The Morgan fingerprint density at radius 2 is 1.75 bits per heavy atom. The van der Waals surface area contributed by atoms with E-state index >= 15 is 0 Å². The number of nitrogens with zero attached hydrogens (tertiary/aromatic N) is 2. The van der Waals surface area contributed by atoms with Crippen molar-refractivity contribution in [3.05, 3.63) is 0 Å². The molecule has 2 rings (SSSR count). The van der Waals surface area contributed by atoms with E-state index in [4.69, 9.17) is 0 Å². The lowest BCUT2D eigenvalue weighted by Gasteiger charge is -2.43. The van der Waals surface area contributed by atoms with Gasteiger partial charge in [-0.3, -0.25) is 4.90 Å². The van der Waals surface area contributed by atoms with Crippen molar-refractivity contribution in [2.24, 2.45) is 5.41 Å². The third-order valence-electron chi connectivity index (χ3n) is 3.84. The van der Waals surface area contributed by atoms with Gasteiger partial charge in [-0.15, -0.1) is 0 Å². The van der Waals surface area contributed by atoms with Crippen LogP contribution in [0.3, 0.4) is 0 Å². The van der Waals surface area contributed by atoms with E-state index < -0.39 is 0 Å². The summed E-state index contributed by atoms with van der Waals surface area (Å²) < 4.78 is 0. The van der Waals surface area contributed by atoms with Crippen molar-refractivity contribution in [2.75, 3.05) is 32.7 Å². The Hall–Kier alpha value is -0.0800. The Balaban J connectivity index is 1.85. The van der Waals surface area contributed by atoms with Crippen molar-refractivity contribution in [1.82, 2.24) is 9.80 Å². The molecule has 2 heterocycles. The fourth-order valence-corrected chi connectivity index (χ4v) is 2.95. The monoisotopic (exact) mass is 224 g/mol. The molecule has 94 valence electrons. The fraction of sp³-hybridized carbons (Fsp3) is 1.00. The second kappa shape index (κ2) is 5.05. The molecule has 0 spiro atoms. The molecule has 1 unspecified atom stereocenters. The standard InChI is InChI=1S/C14H28N2/c1-14(2,3)12-16-10-5-4-7-13(16)11-15-8-6-9-15/h13H,4-12H2,1-3H3. The van der Waals surface area contributed by atoms with Crippen molar-refractivity contribution >= 4 is 0 Å². The molecule has 2 nitrogen and oxygen atoms in total. The summed E-state index contributed by atoms with van der Waals surface area (Å²) in [5.41, 5.74) is 0.449. The van der Waals surface area contributed by atoms with Crippen LogP contribution in [0.25, 0.3) is 0 Å². The molecule has 0 aliphatic carbocycles. The van der Waals surface area contributed by atoms with Crippen LogP contribution in [-0.4, -0.2) is 48.6 Å². The molecule has 0 N–H and O–H groups in total. The van der Waals surface area contributed by atoms with Gasteiger partial charge >= 0.3 is 0 Å². The molecule has 1 atom stereocenters. The minimum Gasteiger partial charge on any atom is -0.302 e. The van der Waals surface area contributed by atoms with Gasteiger partial charge in [-0.25, -0.2) is 0 Å². The van der Waals surface area contributed by atoms with Crippen LogP contribution in [0.15, 0.2) is 0 Å². The van der Waals surface area contributed by atoms with Gasteiger partial charge in [0, 0.05) is 19.1 Å². The van der Waals surface area contributed by atoms with Gasteiger partial charge in [0.25, 0.3) is 0 Å². The lowest BCUT2D eigenvalue weighted by Crippen LogP contribution is -2.52. The third kappa shape index (κ3) is 3.46. The van der Waals surface area contributed by atoms with E-state index in [9.17, 15) is 0 Å². The average molecular weight is 224 g/mol. The van der Waals surface area contributed by atoms with E-state index in [1.165, 1.54) is 58.4 Å². The summed E-state index contributed by atoms with van der Waals surface area (Å²) in [6.07, 6.45) is 5.70. The van der Waals surface area contributed by atoms with E-state index in [1.807, 2.05) is 0 Å². The molecule has 2 saturated heterocycles. The van der Waals surface area contributed by atoms with Crippen LogP contribution in [0.1, 0.15) is 46.5 Å². The summed E-state index contributed by atoms with van der Waals surface area (Å²) in [6.45, 7) is 13.7. The highest BCUT2D eigenvalue weighted by Crippen LogP contribution is 2.24. The smallest absolute Gasteiger partial charge is 0.0223 e. The normalized spacial score (nSPS) is 29.1. The summed E-state index contributed by atoms with van der Waals surface area (Å²) in [6, 6.07) is 0.841. The van der Waals surface area contributed by atoms with Crippen molar-refractivity contribution in [2.45, 2.75) is 52.5 Å². The first kappa shape index (κ1) is 12.4. The number of hydrogen-bond donors (Lipinski definition) is 0. The second-order valence-electron chi connectivity index (χ2n) is 6.83. The zero-order valence-electron chi connectivity index (χ0n) is 11.3. The van der Waals surface area contributed by atoms with Crippen LogP contribution in [-0.2, 0) is 0 Å². The SMILES string of the molecule is CC(C)(C)CN1CCCCC1CN1CCC1. The molecule has 0 bridgehead atoms. The van der Waals surface area contributed by atoms with Gasteiger partial charge < -0.3 is 4.90 Å². The predicted octanol–water partition coefficient (Wildman–Crippen LogP) is 2.59. The molecule has 0 saturated carbocycles. The van der Waals surface area contributed by atoms with Crippen molar-refractivity contribution in [1.29, 1.82) is 0 Å². The minimum atomic E-state index is 0.449. The van der Waals surface area contributed by atoms with Crippen LogP contribution < -0.4 is 0 Å². The molecule has 0 aromatic carbocycles. The first-order chi connectivity index (χ1) is 7.54. The van der Waals surface area contributed by atoms with Gasteiger partial charge in [0.2, 0.25) is 0 Å². The van der Waals surface area contributed by atoms with Crippen molar-refractivity contribution in [3.8, 4) is 0 Å². The predicted molar refractivity (Wildman–Crippen MR) is 69.7 cm³/mol. The van der Waals surface area contributed by atoms with E-state index in [0.717, 1.165) is 6.04 Å². The van der Waals surface area contributed by atoms with E-state index in [2.05, 4.69) is 30.6 Å². The van der Waals surface area contributed by atoms with Gasteiger partial charge in [-0.2, -0.15) is 0 Å². The van der Waals surface area contributed by atoms with E-state index in [0.29, 0.717) is 5.41 Å². The van der Waals surface area contributed by atoms with Crippen molar-refractivity contribution in [3.63, 3.8) is 0 Å². The quantitative estimate of drug-likeness (QED) is 0.727. The second-order valence-corrected chi connectivity index (χ2v) is 6.83. The molecule has 0 amide bonds. The minimum absolute atomic E-state index is 0.449. The molecule has 0 radical (unpaired) electrons. The largest absolute Gasteiger partial charge is 0.302 e.